The molecule has 1 aliphatic heterocycles. The Hall–Kier alpha value is -3.14. The van der Waals surface area contributed by atoms with E-state index in [-0.39, 0.29) is 17.8 Å². The summed E-state index contributed by atoms with van der Waals surface area (Å²) in [6.07, 6.45) is 3.50. The summed E-state index contributed by atoms with van der Waals surface area (Å²) in [5.74, 6) is -0.502. The van der Waals surface area contributed by atoms with Crippen molar-refractivity contribution in [2.75, 3.05) is 33.9 Å². The number of hydrogen-bond donors (Lipinski definition) is 1. The summed E-state index contributed by atoms with van der Waals surface area (Å²) in [6, 6.07) is 10.4. The van der Waals surface area contributed by atoms with Crippen molar-refractivity contribution in [3.8, 4) is 0 Å². The Kier molecular flexibility index (Phi) is 7.02. The maximum Gasteiger partial charge on any atom is 0.271 e. The van der Waals surface area contributed by atoms with Crippen LogP contribution in [0.25, 0.3) is 0 Å². The lowest BCUT2D eigenvalue weighted by Crippen LogP contribution is -2.47. The summed E-state index contributed by atoms with van der Waals surface area (Å²) in [5.41, 5.74) is 2.03. The topological polar surface area (TPSA) is 113 Å². The van der Waals surface area contributed by atoms with Crippen molar-refractivity contribution in [2.24, 2.45) is 0 Å². The monoisotopic (exact) mass is 460 g/mol. The van der Waals surface area contributed by atoms with Gasteiger partial charge in [-0.25, -0.2) is 8.42 Å². The van der Waals surface area contributed by atoms with Gasteiger partial charge in [0.05, 0.1) is 16.9 Å². The third-order valence-electron chi connectivity index (χ3n) is 5.58. The number of nitrogens with one attached hydrogen (secondary N) is 1. The molecular weight excluding hydrogens is 432 g/mol. The maximum absolute atomic E-state index is 13.1. The zero-order valence-electron chi connectivity index (χ0n) is 18.4. The fourth-order valence-electron chi connectivity index (χ4n) is 3.94. The maximum atomic E-state index is 13.1. The van der Waals surface area contributed by atoms with Gasteiger partial charge in [-0.15, -0.1) is 0 Å². The number of sulfonamides is 1. The number of rotatable bonds is 8. The van der Waals surface area contributed by atoms with E-state index in [2.05, 4.69) is 10.2 Å². The predicted molar refractivity (Wildman–Crippen MR) is 126 cm³/mol. The second-order valence-corrected chi connectivity index (χ2v) is 9.80. The van der Waals surface area contributed by atoms with Gasteiger partial charge in [0.25, 0.3) is 5.69 Å². The van der Waals surface area contributed by atoms with E-state index >= 15 is 0 Å². The zero-order valence-corrected chi connectivity index (χ0v) is 19.3. The second kappa shape index (κ2) is 9.56. The molecule has 1 saturated heterocycles. The second-order valence-electron chi connectivity index (χ2n) is 7.94. The SMILES string of the molecule is CC[C@@H](C(=O)Nc1ccc(N2CCCC2)cc1)N(c1cc([N+](=O)[O-])ccc1C)S(C)(=O)=O. The number of nitro benzene ring substituents is 1. The Labute approximate surface area is 188 Å². The van der Waals surface area contributed by atoms with Crippen molar-refractivity contribution in [3.05, 3.63) is 58.1 Å². The Bertz CT molecular complexity index is 1100. The molecule has 32 heavy (non-hydrogen) atoms. The van der Waals surface area contributed by atoms with Crippen LogP contribution >= 0.6 is 0 Å². The highest BCUT2D eigenvalue weighted by Crippen LogP contribution is 2.30. The van der Waals surface area contributed by atoms with Gasteiger partial charge in [-0.2, -0.15) is 0 Å². The lowest BCUT2D eigenvalue weighted by molar-refractivity contribution is -0.384. The lowest BCUT2D eigenvalue weighted by atomic mass is 10.1. The van der Waals surface area contributed by atoms with Crippen molar-refractivity contribution in [1.29, 1.82) is 0 Å². The number of anilines is 3. The molecule has 1 N–H and O–H groups in total. The van der Waals surface area contributed by atoms with E-state index in [1.165, 1.54) is 18.2 Å². The first kappa shape index (κ1) is 23.5. The van der Waals surface area contributed by atoms with Crippen LogP contribution in [0.5, 0.6) is 0 Å². The van der Waals surface area contributed by atoms with Crippen LogP contribution in [0.15, 0.2) is 42.5 Å². The molecule has 172 valence electrons. The Morgan fingerprint density at radius 1 is 1.19 bits per heavy atom. The average molecular weight is 461 g/mol. The van der Waals surface area contributed by atoms with E-state index in [1.807, 2.05) is 12.1 Å². The minimum absolute atomic E-state index is 0.119. The fourth-order valence-corrected chi connectivity index (χ4v) is 5.20. The zero-order chi connectivity index (χ0) is 23.5. The van der Waals surface area contributed by atoms with Crippen LogP contribution in [0.2, 0.25) is 0 Å². The van der Waals surface area contributed by atoms with Gasteiger partial charge in [0.1, 0.15) is 6.04 Å². The Balaban J connectivity index is 1.88. The first-order chi connectivity index (χ1) is 15.1. The molecule has 0 spiro atoms. The van der Waals surface area contributed by atoms with E-state index in [0.717, 1.165) is 42.2 Å². The lowest BCUT2D eigenvalue weighted by Gasteiger charge is -2.31. The van der Waals surface area contributed by atoms with Crippen LogP contribution in [0.1, 0.15) is 31.7 Å². The molecule has 1 atom stereocenters. The molecule has 0 aromatic heterocycles. The number of carbonyl (C=O) groups is 1. The van der Waals surface area contributed by atoms with Crippen molar-refractivity contribution in [2.45, 2.75) is 39.2 Å². The summed E-state index contributed by atoms with van der Waals surface area (Å²) in [5, 5.41) is 14.0. The molecule has 0 radical (unpaired) electrons. The molecule has 2 aromatic rings. The van der Waals surface area contributed by atoms with E-state index in [0.29, 0.717) is 11.3 Å². The van der Waals surface area contributed by atoms with Gasteiger partial charge >= 0.3 is 0 Å². The summed E-state index contributed by atoms with van der Waals surface area (Å²) < 4.78 is 26.3. The van der Waals surface area contributed by atoms with Crippen LogP contribution in [-0.2, 0) is 14.8 Å². The van der Waals surface area contributed by atoms with Crippen LogP contribution in [0.3, 0.4) is 0 Å². The molecule has 0 bridgehead atoms. The molecule has 0 unspecified atom stereocenters. The van der Waals surface area contributed by atoms with Gasteiger partial charge in [0.2, 0.25) is 15.9 Å². The quantitative estimate of drug-likeness (QED) is 0.475. The third-order valence-corrected chi connectivity index (χ3v) is 6.74. The summed E-state index contributed by atoms with van der Waals surface area (Å²) in [6.45, 7) is 5.37. The van der Waals surface area contributed by atoms with Crippen LogP contribution < -0.4 is 14.5 Å². The van der Waals surface area contributed by atoms with Gasteiger partial charge in [-0.3, -0.25) is 19.2 Å². The summed E-state index contributed by atoms with van der Waals surface area (Å²) in [4.78, 5) is 26.0. The predicted octanol–water partition coefficient (Wildman–Crippen LogP) is 3.69. The summed E-state index contributed by atoms with van der Waals surface area (Å²) >= 11 is 0. The molecule has 1 heterocycles. The number of carbonyl (C=O) groups excluding carboxylic acids is 1. The normalized spacial score (nSPS) is 14.8. The van der Waals surface area contributed by atoms with E-state index < -0.39 is 26.9 Å². The number of nitrogens with zero attached hydrogens (tertiary/aromatic N) is 3. The highest BCUT2D eigenvalue weighted by atomic mass is 32.2. The smallest absolute Gasteiger partial charge is 0.271 e. The molecule has 1 fully saturated rings. The van der Waals surface area contributed by atoms with E-state index in [4.69, 9.17) is 0 Å². The van der Waals surface area contributed by atoms with Crippen molar-refractivity contribution in [1.82, 2.24) is 0 Å². The minimum atomic E-state index is -3.91. The number of benzene rings is 2. The average Bonchev–Trinajstić information content (AvgIpc) is 3.27. The highest BCUT2D eigenvalue weighted by Gasteiger charge is 2.33. The molecule has 3 rings (SSSR count). The van der Waals surface area contributed by atoms with Crippen LogP contribution in [-0.4, -0.2) is 44.6 Å². The number of hydrogen-bond acceptors (Lipinski definition) is 6. The molecule has 2 aromatic carbocycles. The largest absolute Gasteiger partial charge is 0.372 e. The molecule has 0 aliphatic carbocycles. The first-order valence-electron chi connectivity index (χ1n) is 10.5. The molecule has 10 heteroatoms. The number of non-ortho nitro benzene ring substituents is 1. The number of amides is 1. The standard InChI is InChI=1S/C22H28N4O5S/c1-4-20(22(27)23-17-8-11-18(12-9-17)24-13-5-6-14-24)25(32(3,30)31)21-15-19(26(28)29)10-7-16(21)2/h7-12,15,20H,4-6,13-14H2,1-3H3,(H,23,27)/t20-/m0/s1. The van der Waals surface area contributed by atoms with E-state index in [1.54, 1.807) is 26.0 Å². The molecule has 1 amide bonds. The van der Waals surface area contributed by atoms with Crippen molar-refractivity contribution < 1.29 is 18.1 Å². The molecule has 0 saturated carbocycles. The third kappa shape index (κ3) is 5.18. The van der Waals surface area contributed by atoms with Gasteiger partial charge in [-0.05, 0) is 56.0 Å². The first-order valence-corrected chi connectivity index (χ1v) is 12.4. The summed E-state index contributed by atoms with van der Waals surface area (Å²) in [7, 11) is -3.91. The Morgan fingerprint density at radius 2 is 1.81 bits per heavy atom. The van der Waals surface area contributed by atoms with Crippen LogP contribution in [0, 0.1) is 17.0 Å². The van der Waals surface area contributed by atoms with E-state index in [9.17, 15) is 23.3 Å². The highest BCUT2D eigenvalue weighted by molar-refractivity contribution is 7.92. The Morgan fingerprint density at radius 3 is 2.34 bits per heavy atom. The molecule has 9 nitrogen and oxygen atoms in total. The number of aryl methyl sites for hydroxylation is 1. The van der Waals surface area contributed by atoms with Gasteiger partial charge < -0.3 is 10.2 Å². The minimum Gasteiger partial charge on any atom is -0.372 e. The van der Waals surface area contributed by atoms with Gasteiger partial charge in [-0.1, -0.05) is 13.0 Å². The molecular formula is C22H28N4O5S. The molecule has 1 aliphatic rings. The fraction of sp³-hybridized carbons (Fsp3) is 0.409. The van der Waals surface area contributed by atoms with Crippen LogP contribution in [0.4, 0.5) is 22.7 Å². The van der Waals surface area contributed by atoms with Gasteiger partial charge in [0, 0.05) is 36.6 Å². The van der Waals surface area contributed by atoms with Crippen molar-refractivity contribution >= 4 is 38.7 Å². The number of nitro groups is 1. The van der Waals surface area contributed by atoms with Crippen molar-refractivity contribution in [3.63, 3.8) is 0 Å². The van der Waals surface area contributed by atoms with Gasteiger partial charge in [0.15, 0.2) is 0 Å².